The van der Waals surface area contributed by atoms with Gasteiger partial charge in [-0.05, 0) is 36.6 Å². The van der Waals surface area contributed by atoms with Crippen molar-refractivity contribution in [3.8, 4) is 0 Å². The van der Waals surface area contributed by atoms with Crippen molar-refractivity contribution >= 4 is 11.6 Å². The fourth-order valence-corrected chi connectivity index (χ4v) is 2.69. The first kappa shape index (κ1) is 13.7. The predicted octanol–water partition coefficient (Wildman–Crippen LogP) is 1.39. The maximum Gasteiger partial charge on any atom is 0.230 e. The number of benzene rings is 1. The highest BCUT2D eigenvalue weighted by Gasteiger charge is 2.50. The molecule has 110 valence electrons. The van der Waals surface area contributed by atoms with Crippen molar-refractivity contribution in [1.29, 1.82) is 0 Å². The van der Waals surface area contributed by atoms with Gasteiger partial charge in [0, 0.05) is 37.6 Å². The first-order chi connectivity index (χ1) is 10.1. The molecule has 0 saturated heterocycles. The number of hydrogen-bond donors (Lipinski definition) is 2. The molecule has 1 aliphatic carbocycles. The van der Waals surface area contributed by atoms with Crippen LogP contribution in [0.15, 0.2) is 36.5 Å². The second-order valence-electron chi connectivity index (χ2n) is 5.66. The molecular formula is C16H20N4O. The molecule has 0 aliphatic heterocycles. The zero-order valence-electron chi connectivity index (χ0n) is 12.2. The third kappa shape index (κ3) is 2.63. The fraction of sp³-hybridized carbons (Fsp3) is 0.375. The van der Waals surface area contributed by atoms with Crippen LogP contribution in [-0.2, 0) is 23.7 Å². The summed E-state index contributed by atoms with van der Waals surface area (Å²) in [6.45, 7) is 0.634. The zero-order valence-corrected chi connectivity index (χ0v) is 12.2. The van der Waals surface area contributed by atoms with E-state index in [0.29, 0.717) is 6.54 Å². The molecule has 2 aromatic rings. The summed E-state index contributed by atoms with van der Waals surface area (Å²) < 4.78 is 1.83. The number of nitrogen functional groups attached to an aromatic ring is 1. The van der Waals surface area contributed by atoms with Gasteiger partial charge in [0.2, 0.25) is 5.91 Å². The van der Waals surface area contributed by atoms with Gasteiger partial charge in [-0.3, -0.25) is 9.48 Å². The molecule has 0 atom stereocenters. The molecule has 5 nitrogen and oxygen atoms in total. The lowest BCUT2D eigenvalue weighted by Crippen LogP contribution is -2.36. The van der Waals surface area contributed by atoms with Crippen molar-refractivity contribution < 1.29 is 4.79 Å². The van der Waals surface area contributed by atoms with E-state index in [0.717, 1.165) is 36.2 Å². The van der Waals surface area contributed by atoms with Crippen LogP contribution < -0.4 is 11.1 Å². The molecule has 5 heteroatoms. The Balaban J connectivity index is 1.60. The Kier molecular flexibility index (Phi) is 3.41. The summed E-state index contributed by atoms with van der Waals surface area (Å²) in [5.74, 6) is 0.120. The second kappa shape index (κ2) is 5.24. The smallest absolute Gasteiger partial charge is 0.230 e. The van der Waals surface area contributed by atoms with Crippen molar-refractivity contribution in [2.24, 2.45) is 7.05 Å². The van der Waals surface area contributed by atoms with E-state index in [4.69, 9.17) is 5.73 Å². The first-order valence-electron chi connectivity index (χ1n) is 7.23. The number of anilines is 1. The molecule has 1 fully saturated rings. The summed E-state index contributed by atoms with van der Waals surface area (Å²) in [5.41, 5.74) is 8.28. The molecule has 1 aromatic heterocycles. The van der Waals surface area contributed by atoms with Gasteiger partial charge in [-0.1, -0.05) is 12.1 Å². The Morgan fingerprint density at radius 1 is 1.33 bits per heavy atom. The van der Waals surface area contributed by atoms with Gasteiger partial charge < -0.3 is 11.1 Å². The molecule has 0 spiro atoms. The number of aromatic nitrogens is 2. The van der Waals surface area contributed by atoms with E-state index in [2.05, 4.69) is 10.4 Å². The summed E-state index contributed by atoms with van der Waals surface area (Å²) in [6, 6.07) is 9.61. The van der Waals surface area contributed by atoms with Crippen LogP contribution in [-0.4, -0.2) is 22.2 Å². The predicted molar refractivity (Wildman–Crippen MR) is 81.7 cm³/mol. The van der Waals surface area contributed by atoms with E-state index in [9.17, 15) is 4.79 Å². The number of nitrogens with zero attached hydrogens (tertiary/aromatic N) is 2. The van der Waals surface area contributed by atoms with Crippen molar-refractivity contribution in [1.82, 2.24) is 15.1 Å². The Morgan fingerprint density at radius 2 is 2.05 bits per heavy atom. The highest BCUT2D eigenvalue weighted by atomic mass is 16.2. The van der Waals surface area contributed by atoms with E-state index < -0.39 is 0 Å². The Hall–Kier alpha value is -2.30. The number of carbonyl (C=O) groups is 1. The quantitative estimate of drug-likeness (QED) is 0.815. The molecule has 1 aromatic carbocycles. The lowest BCUT2D eigenvalue weighted by molar-refractivity contribution is -0.123. The maximum absolute atomic E-state index is 12.5. The summed E-state index contributed by atoms with van der Waals surface area (Å²) in [5, 5.41) is 7.18. The first-order valence-corrected chi connectivity index (χ1v) is 7.23. The lowest BCUT2D eigenvalue weighted by Gasteiger charge is -2.16. The van der Waals surface area contributed by atoms with Gasteiger partial charge >= 0.3 is 0 Å². The number of aryl methyl sites for hydroxylation is 1. The highest BCUT2D eigenvalue weighted by Crippen LogP contribution is 2.48. The number of nitrogens with two attached hydrogens (primary N) is 1. The maximum atomic E-state index is 12.5. The van der Waals surface area contributed by atoms with E-state index >= 15 is 0 Å². The number of rotatable bonds is 5. The molecule has 1 aliphatic rings. The summed E-state index contributed by atoms with van der Waals surface area (Å²) in [6.07, 6.45) is 4.39. The average molecular weight is 284 g/mol. The minimum atomic E-state index is -0.333. The van der Waals surface area contributed by atoms with Gasteiger partial charge in [-0.15, -0.1) is 0 Å². The van der Waals surface area contributed by atoms with Gasteiger partial charge in [0.15, 0.2) is 0 Å². The van der Waals surface area contributed by atoms with E-state index in [1.165, 1.54) is 0 Å². The van der Waals surface area contributed by atoms with Crippen LogP contribution in [0.3, 0.4) is 0 Å². The van der Waals surface area contributed by atoms with Crippen LogP contribution in [0.2, 0.25) is 0 Å². The molecular weight excluding hydrogens is 264 g/mol. The third-order valence-electron chi connectivity index (χ3n) is 4.24. The van der Waals surface area contributed by atoms with Crippen LogP contribution in [0.4, 0.5) is 5.69 Å². The minimum Gasteiger partial charge on any atom is -0.399 e. The van der Waals surface area contributed by atoms with Crippen LogP contribution in [0.5, 0.6) is 0 Å². The van der Waals surface area contributed by atoms with E-state index in [1.807, 2.05) is 42.1 Å². The van der Waals surface area contributed by atoms with Gasteiger partial charge in [-0.2, -0.15) is 5.10 Å². The molecule has 0 radical (unpaired) electrons. The van der Waals surface area contributed by atoms with E-state index in [1.54, 1.807) is 6.20 Å². The summed E-state index contributed by atoms with van der Waals surface area (Å²) >= 11 is 0. The van der Waals surface area contributed by atoms with Gasteiger partial charge in [-0.25, -0.2) is 0 Å². The molecule has 3 rings (SSSR count). The Bertz CT molecular complexity index is 641. The lowest BCUT2D eigenvalue weighted by atomic mass is 9.94. The largest absolute Gasteiger partial charge is 0.399 e. The standard InChI is InChI=1S/C16H20N4O/c1-20-14(7-11-19-20)6-10-18-15(21)16(8-9-16)12-2-4-13(17)5-3-12/h2-5,7,11H,6,8-10,17H2,1H3,(H,18,21). The fourth-order valence-electron chi connectivity index (χ4n) is 2.69. The van der Waals surface area contributed by atoms with Crippen LogP contribution in [0.25, 0.3) is 0 Å². The van der Waals surface area contributed by atoms with Gasteiger partial charge in [0.1, 0.15) is 0 Å². The minimum absolute atomic E-state index is 0.120. The van der Waals surface area contributed by atoms with Crippen molar-refractivity contribution in [3.63, 3.8) is 0 Å². The second-order valence-corrected chi connectivity index (χ2v) is 5.66. The number of carbonyl (C=O) groups excluding carboxylic acids is 1. The van der Waals surface area contributed by atoms with Crippen molar-refractivity contribution in [3.05, 3.63) is 47.8 Å². The number of amides is 1. The third-order valence-corrected chi connectivity index (χ3v) is 4.24. The highest BCUT2D eigenvalue weighted by molar-refractivity contribution is 5.91. The monoisotopic (exact) mass is 284 g/mol. The molecule has 21 heavy (non-hydrogen) atoms. The van der Waals surface area contributed by atoms with Crippen LogP contribution in [0.1, 0.15) is 24.1 Å². The average Bonchev–Trinajstić information content (AvgIpc) is 3.19. The molecule has 0 bridgehead atoms. The zero-order chi connectivity index (χ0) is 14.9. The normalized spacial score (nSPS) is 15.7. The number of hydrogen-bond acceptors (Lipinski definition) is 3. The SMILES string of the molecule is Cn1nccc1CCNC(=O)C1(c2ccc(N)cc2)CC1. The number of nitrogens with one attached hydrogen (secondary N) is 1. The molecule has 3 N–H and O–H groups in total. The van der Waals surface area contributed by atoms with Gasteiger partial charge in [0.25, 0.3) is 0 Å². The van der Waals surface area contributed by atoms with Crippen molar-refractivity contribution in [2.75, 3.05) is 12.3 Å². The molecule has 0 unspecified atom stereocenters. The topological polar surface area (TPSA) is 72.9 Å². The Morgan fingerprint density at radius 3 is 2.62 bits per heavy atom. The van der Waals surface area contributed by atoms with Gasteiger partial charge in [0.05, 0.1) is 5.41 Å². The van der Waals surface area contributed by atoms with Crippen LogP contribution in [0, 0.1) is 0 Å². The van der Waals surface area contributed by atoms with Crippen LogP contribution >= 0.6 is 0 Å². The molecule has 1 amide bonds. The molecule has 1 saturated carbocycles. The Labute approximate surface area is 124 Å². The van der Waals surface area contributed by atoms with Crippen molar-refractivity contribution in [2.45, 2.75) is 24.7 Å². The summed E-state index contributed by atoms with van der Waals surface area (Å²) in [7, 11) is 1.91. The molecule has 1 heterocycles. The summed E-state index contributed by atoms with van der Waals surface area (Å²) in [4.78, 5) is 12.5. The van der Waals surface area contributed by atoms with E-state index in [-0.39, 0.29) is 11.3 Å².